The number of piperidine rings is 1. The SMILES string of the molecule is N#Cc1ccc(Oc2ccc(Cc3cc(N[C@@H]4CCN(c5ccc(C#N)cn5)C[C@@H]4F)c(C(N)=O)cn3)cc2)nc1. The number of nitriles is 2. The summed E-state index contributed by atoms with van der Waals surface area (Å²) in [6.07, 6.45) is 4.02. The van der Waals surface area contributed by atoms with Gasteiger partial charge in [0.05, 0.1) is 35.0 Å². The van der Waals surface area contributed by atoms with Crippen LogP contribution in [0.3, 0.4) is 0 Å². The monoisotopic (exact) mass is 548 g/mol. The molecule has 4 heterocycles. The van der Waals surface area contributed by atoms with Gasteiger partial charge in [0, 0.05) is 43.3 Å². The van der Waals surface area contributed by atoms with Gasteiger partial charge in [-0.1, -0.05) is 12.1 Å². The summed E-state index contributed by atoms with van der Waals surface area (Å²) in [5.74, 6) is 0.918. The van der Waals surface area contributed by atoms with Crippen molar-refractivity contribution in [1.29, 1.82) is 10.5 Å². The number of hydrogen-bond donors (Lipinski definition) is 2. The maximum absolute atomic E-state index is 15.3. The predicted molar refractivity (Wildman–Crippen MR) is 149 cm³/mol. The number of pyridine rings is 3. The molecule has 11 heteroatoms. The van der Waals surface area contributed by atoms with Gasteiger partial charge in [-0.15, -0.1) is 0 Å². The maximum atomic E-state index is 15.3. The summed E-state index contributed by atoms with van der Waals surface area (Å²) < 4.78 is 21.0. The van der Waals surface area contributed by atoms with Crippen LogP contribution in [0, 0.1) is 22.7 Å². The predicted octanol–water partition coefficient (Wildman–Crippen LogP) is 4.13. The highest BCUT2D eigenvalue weighted by molar-refractivity contribution is 5.98. The largest absolute Gasteiger partial charge is 0.439 e. The average Bonchev–Trinajstić information content (AvgIpc) is 2.99. The molecule has 1 aliphatic heterocycles. The number of nitrogens with one attached hydrogen (secondary N) is 1. The lowest BCUT2D eigenvalue weighted by Crippen LogP contribution is -2.48. The van der Waals surface area contributed by atoms with Gasteiger partial charge >= 0.3 is 0 Å². The molecule has 0 aliphatic carbocycles. The third-order valence-electron chi connectivity index (χ3n) is 6.71. The molecule has 1 saturated heterocycles. The Kier molecular flexibility index (Phi) is 7.98. The van der Waals surface area contributed by atoms with E-state index < -0.39 is 18.1 Å². The molecule has 0 radical (unpaired) electrons. The van der Waals surface area contributed by atoms with Crippen LogP contribution in [-0.4, -0.2) is 46.2 Å². The lowest BCUT2D eigenvalue weighted by Gasteiger charge is -2.36. The van der Waals surface area contributed by atoms with E-state index in [1.165, 1.54) is 18.6 Å². The molecule has 5 rings (SSSR count). The van der Waals surface area contributed by atoms with Gasteiger partial charge in [-0.25, -0.2) is 14.4 Å². The second-order valence-electron chi connectivity index (χ2n) is 9.52. The Labute approximate surface area is 235 Å². The van der Waals surface area contributed by atoms with Gasteiger partial charge in [0.1, 0.15) is 29.9 Å². The van der Waals surface area contributed by atoms with Gasteiger partial charge in [-0.05, 0) is 48.4 Å². The minimum Gasteiger partial charge on any atom is -0.439 e. The molecule has 4 aromatic rings. The molecule has 3 aromatic heterocycles. The Hall–Kier alpha value is -5.55. The summed E-state index contributed by atoms with van der Waals surface area (Å²) in [5.41, 5.74) is 8.73. The zero-order chi connectivity index (χ0) is 28.8. The number of hydrogen-bond acceptors (Lipinski definition) is 9. The highest BCUT2D eigenvalue weighted by Crippen LogP contribution is 2.26. The maximum Gasteiger partial charge on any atom is 0.252 e. The molecule has 0 spiro atoms. The van der Waals surface area contributed by atoms with Crippen molar-refractivity contribution in [3.8, 4) is 23.8 Å². The third-order valence-corrected chi connectivity index (χ3v) is 6.71. The van der Waals surface area contributed by atoms with E-state index in [9.17, 15) is 4.79 Å². The molecule has 204 valence electrons. The van der Waals surface area contributed by atoms with Crippen LogP contribution in [0.1, 0.15) is 39.2 Å². The molecule has 2 atom stereocenters. The number of amides is 1. The van der Waals surface area contributed by atoms with Gasteiger partial charge in [-0.3, -0.25) is 9.78 Å². The molecule has 1 fully saturated rings. The number of ether oxygens (including phenoxy) is 1. The normalized spacial score (nSPS) is 16.3. The van der Waals surface area contributed by atoms with Crippen molar-refractivity contribution < 1.29 is 13.9 Å². The van der Waals surface area contributed by atoms with Crippen molar-refractivity contribution in [3.05, 3.63) is 101 Å². The Bertz CT molecular complexity index is 1610. The number of nitrogens with zero attached hydrogens (tertiary/aromatic N) is 6. The zero-order valence-electron chi connectivity index (χ0n) is 21.9. The first-order valence-electron chi connectivity index (χ1n) is 12.8. The molecule has 3 N–H and O–H groups in total. The number of alkyl halides is 1. The van der Waals surface area contributed by atoms with Crippen LogP contribution in [0.4, 0.5) is 15.9 Å². The average molecular weight is 549 g/mol. The Morgan fingerprint density at radius 1 is 1.02 bits per heavy atom. The highest BCUT2D eigenvalue weighted by Gasteiger charge is 2.30. The standard InChI is InChI=1S/C30H25FN8O2/c31-25-18-39(28-7-3-20(13-32)15-36-28)10-9-26(25)38-27-12-22(35-17-24(27)30(34)40)11-19-1-5-23(6-2-19)41-29-8-4-21(14-33)16-37-29/h1-8,12,15-17,25-26H,9-11,18H2,(H2,34,40)(H,35,38)/t25-,26+/m0/s1. The number of carbonyl (C=O) groups is 1. The van der Waals surface area contributed by atoms with Crippen LogP contribution >= 0.6 is 0 Å². The molecule has 10 nitrogen and oxygen atoms in total. The quantitative estimate of drug-likeness (QED) is 0.331. The second-order valence-corrected chi connectivity index (χ2v) is 9.52. The van der Waals surface area contributed by atoms with Crippen LogP contribution in [0.2, 0.25) is 0 Å². The lowest BCUT2D eigenvalue weighted by atomic mass is 10.0. The van der Waals surface area contributed by atoms with Crippen molar-refractivity contribution in [3.63, 3.8) is 0 Å². The van der Waals surface area contributed by atoms with Crippen LogP contribution in [0.25, 0.3) is 0 Å². The first kappa shape index (κ1) is 27.0. The summed E-state index contributed by atoms with van der Waals surface area (Å²) in [7, 11) is 0. The van der Waals surface area contributed by atoms with Crippen molar-refractivity contribution in [2.45, 2.75) is 25.1 Å². The fraction of sp³-hybridized carbons (Fsp3) is 0.200. The first-order chi connectivity index (χ1) is 19.9. The van der Waals surface area contributed by atoms with Crippen molar-refractivity contribution in [2.24, 2.45) is 5.73 Å². The summed E-state index contributed by atoms with van der Waals surface area (Å²) >= 11 is 0. The Morgan fingerprint density at radius 2 is 1.76 bits per heavy atom. The Balaban J connectivity index is 1.25. The van der Waals surface area contributed by atoms with E-state index >= 15 is 4.39 Å². The van der Waals surface area contributed by atoms with E-state index in [0.717, 1.165) is 5.56 Å². The van der Waals surface area contributed by atoms with E-state index in [1.54, 1.807) is 42.5 Å². The van der Waals surface area contributed by atoms with Gasteiger partial charge in [-0.2, -0.15) is 10.5 Å². The summed E-state index contributed by atoms with van der Waals surface area (Å²) in [4.78, 5) is 26.7. The molecule has 0 saturated carbocycles. The number of anilines is 2. The Morgan fingerprint density at radius 3 is 2.37 bits per heavy atom. The number of carbonyl (C=O) groups excluding carboxylic acids is 1. The molecule has 0 bridgehead atoms. The van der Waals surface area contributed by atoms with Crippen LogP contribution in [-0.2, 0) is 6.42 Å². The number of rotatable bonds is 8. The third kappa shape index (κ3) is 6.54. The van der Waals surface area contributed by atoms with Crippen LogP contribution in [0.15, 0.2) is 73.2 Å². The second kappa shape index (κ2) is 12.1. The van der Waals surface area contributed by atoms with Crippen molar-refractivity contribution in [2.75, 3.05) is 23.3 Å². The molecule has 1 aromatic carbocycles. The minimum atomic E-state index is -1.24. The molecule has 1 aliphatic rings. The fourth-order valence-corrected chi connectivity index (χ4v) is 4.54. The first-order valence-corrected chi connectivity index (χ1v) is 12.8. The molecule has 1 amide bonds. The highest BCUT2D eigenvalue weighted by atomic mass is 19.1. The summed E-state index contributed by atoms with van der Waals surface area (Å²) in [6.45, 7) is 0.667. The zero-order valence-corrected chi connectivity index (χ0v) is 21.9. The summed E-state index contributed by atoms with van der Waals surface area (Å²) in [5, 5.41) is 21.1. The van der Waals surface area contributed by atoms with Crippen LogP contribution in [0.5, 0.6) is 11.6 Å². The molecule has 41 heavy (non-hydrogen) atoms. The molecule has 0 unspecified atom stereocenters. The number of benzene rings is 1. The van der Waals surface area contributed by atoms with Crippen LogP contribution < -0.4 is 20.7 Å². The van der Waals surface area contributed by atoms with Crippen molar-refractivity contribution >= 4 is 17.4 Å². The number of aromatic nitrogens is 3. The minimum absolute atomic E-state index is 0.118. The van der Waals surface area contributed by atoms with E-state index in [0.29, 0.717) is 59.3 Å². The number of primary amides is 1. The van der Waals surface area contributed by atoms with E-state index in [2.05, 4.69) is 20.3 Å². The van der Waals surface area contributed by atoms with Gasteiger partial charge in [0.15, 0.2) is 0 Å². The summed E-state index contributed by atoms with van der Waals surface area (Å²) in [6, 6.07) is 19.2. The fourth-order valence-electron chi connectivity index (χ4n) is 4.54. The van der Waals surface area contributed by atoms with Gasteiger partial charge in [0.2, 0.25) is 5.88 Å². The smallest absolute Gasteiger partial charge is 0.252 e. The number of nitrogens with two attached hydrogens (primary N) is 1. The van der Waals surface area contributed by atoms with E-state index in [4.69, 9.17) is 21.0 Å². The molecular formula is C30H25FN8O2. The van der Waals surface area contributed by atoms with E-state index in [-0.39, 0.29) is 12.1 Å². The van der Waals surface area contributed by atoms with Gasteiger partial charge in [0.25, 0.3) is 5.91 Å². The topological polar surface area (TPSA) is 154 Å². The number of halogens is 1. The molecular weight excluding hydrogens is 523 g/mol. The van der Waals surface area contributed by atoms with Crippen molar-refractivity contribution in [1.82, 2.24) is 15.0 Å². The lowest BCUT2D eigenvalue weighted by molar-refractivity contribution is 0.100. The van der Waals surface area contributed by atoms with E-state index in [1.807, 2.05) is 29.2 Å². The van der Waals surface area contributed by atoms with Gasteiger partial charge < -0.3 is 20.7 Å².